The summed E-state index contributed by atoms with van der Waals surface area (Å²) in [5.74, 6) is -0.870. The van der Waals surface area contributed by atoms with Crippen molar-refractivity contribution >= 4 is 19.8 Å². The highest BCUT2D eigenvalue weighted by molar-refractivity contribution is 7.45. The fraction of sp³-hybridized carbons (Fsp3) is 0.854. The molecule has 0 aliphatic heterocycles. The third-order valence-corrected chi connectivity index (χ3v) is 9.69. The van der Waals surface area contributed by atoms with Crippen LogP contribution in [0.4, 0.5) is 0 Å². The Balaban J connectivity index is 4.44. The van der Waals surface area contributed by atoms with Gasteiger partial charge in [-0.15, -0.1) is 0 Å². The lowest BCUT2D eigenvalue weighted by molar-refractivity contribution is -0.870. The summed E-state index contributed by atoms with van der Waals surface area (Å²) < 4.78 is 33.8. The van der Waals surface area contributed by atoms with Crippen LogP contribution in [0.3, 0.4) is 0 Å². The molecule has 51 heavy (non-hydrogen) atoms. The van der Waals surface area contributed by atoms with Crippen LogP contribution in [-0.2, 0) is 32.7 Å². The third-order valence-electron chi connectivity index (χ3n) is 8.72. The van der Waals surface area contributed by atoms with Crippen molar-refractivity contribution in [2.24, 2.45) is 0 Å². The van der Waals surface area contributed by atoms with Crippen molar-refractivity contribution in [3.05, 3.63) is 24.3 Å². The molecule has 0 heterocycles. The molecule has 0 radical (unpaired) electrons. The summed E-state index contributed by atoms with van der Waals surface area (Å²) in [6.45, 7) is 4.17. The van der Waals surface area contributed by atoms with E-state index in [4.69, 9.17) is 18.5 Å². The zero-order valence-corrected chi connectivity index (χ0v) is 34.4. The van der Waals surface area contributed by atoms with Gasteiger partial charge in [-0.1, -0.05) is 141 Å². The molecule has 0 aliphatic rings. The van der Waals surface area contributed by atoms with Gasteiger partial charge in [0, 0.05) is 12.8 Å². The highest BCUT2D eigenvalue weighted by atomic mass is 31.2. The monoisotopic (exact) mass is 744 g/mol. The van der Waals surface area contributed by atoms with Crippen molar-refractivity contribution < 1.29 is 42.1 Å². The minimum Gasteiger partial charge on any atom is -0.756 e. The first-order valence-corrected chi connectivity index (χ1v) is 22.0. The molecule has 0 saturated heterocycles. The van der Waals surface area contributed by atoms with E-state index in [1.165, 1.54) is 89.9 Å². The maximum absolute atomic E-state index is 12.6. The molecule has 0 aromatic heterocycles. The number of carbonyl (C=O) groups is 2. The van der Waals surface area contributed by atoms with E-state index in [1.54, 1.807) is 0 Å². The van der Waals surface area contributed by atoms with Gasteiger partial charge in [-0.3, -0.25) is 14.2 Å². The molecular weight excluding hydrogens is 665 g/mol. The van der Waals surface area contributed by atoms with Gasteiger partial charge < -0.3 is 27.9 Å². The molecule has 9 nitrogen and oxygen atoms in total. The van der Waals surface area contributed by atoms with Crippen LogP contribution in [0.15, 0.2) is 24.3 Å². The summed E-state index contributed by atoms with van der Waals surface area (Å²) in [6.07, 6.45) is 34.9. The molecule has 0 spiro atoms. The molecule has 0 rings (SSSR count). The van der Waals surface area contributed by atoms with Gasteiger partial charge >= 0.3 is 11.9 Å². The molecule has 0 N–H and O–H groups in total. The second kappa shape index (κ2) is 34.3. The summed E-state index contributed by atoms with van der Waals surface area (Å²) in [6, 6.07) is 0. The van der Waals surface area contributed by atoms with Crippen molar-refractivity contribution in [1.29, 1.82) is 0 Å². The number of quaternary nitrogens is 1. The summed E-state index contributed by atoms with van der Waals surface area (Å²) in [5, 5.41) is 0. The minimum atomic E-state index is -4.62. The fourth-order valence-electron chi connectivity index (χ4n) is 5.45. The molecule has 0 aromatic rings. The highest BCUT2D eigenvalue weighted by Crippen LogP contribution is 2.38. The van der Waals surface area contributed by atoms with Crippen molar-refractivity contribution in [2.45, 2.75) is 180 Å². The standard InChI is InChI=1S/C41H78NO8P/c1-6-8-10-12-14-16-18-20-21-22-24-25-27-29-31-33-40(43)47-37-39(38-49-51(45,46)48-36-35-42(3,4)5)50-41(44)34-32-30-28-26-23-19-17-15-13-11-9-7-2/h20-21,24-25,39H,6-19,22-23,26-38H2,1-5H3/b21-20+,25-24+/t39-/m1/s1. The van der Waals surface area contributed by atoms with E-state index in [0.29, 0.717) is 23.9 Å². The van der Waals surface area contributed by atoms with Gasteiger partial charge in [-0.2, -0.15) is 0 Å². The van der Waals surface area contributed by atoms with Crippen LogP contribution >= 0.6 is 7.82 Å². The molecule has 10 heteroatoms. The van der Waals surface area contributed by atoms with E-state index < -0.39 is 32.5 Å². The first-order chi connectivity index (χ1) is 24.5. The van der Waals surface area contributed by atoms with Crippen LogP contribution in [0.25, 0.3) is 0 Å². The molecule has 0 bridgehead atoms. The molecule has 0 aliphatic carbocycles. The fourth-order valence-corrected chi connectivity index (χ4v) is 6.18. The van der Waals surface area contributed by atoms with E-state index >= 15 is 0 Å². The zero-order chi connectivity index (χ0) is 37.9. The predicted octanol–water partition coefficient (Wildman–Crippen LogP) is 10.6. The second-order valence-electron chi connectivity index (χ2n) is 15.0. The summed E-state index contributed by atoms with van der Waals surface area (Å²) in [4.78, 5) is 37.4. The number of phosphoric acid groups is 1. The summed E-state index contributed by atoms with van der Waals surface area (Å²) in [7, 11) is 1.15. The average molecular weight is 744 g/mol. The highest BCUT2D eigenvalue weighted by Gasteiger charge is 2.21. The number of esters is 2. The Morgan fingerprint density at radius 3 is 1.59 bits per heavy atom. The average Bonchev–Trinajstić information content (AvgIpc) is 3.07. The molecule has 0 aromatic carbocycles. The zero-order valence-electron chi connectivity index (χ0n) is 33.6. The Bertz CT molecular complexity index is 933. The van der Waals surface area contributed by atoms with Crippen LogP contribution in [-0.4, -0.2) is 70.0 Å². The lowest BCUT2D eigenvalue weighted by atomic mass is 10.0. The van der Waals surface area contributed by atoms with Crippen molar-refractivity contribution in [2.75, 3.05) is 47.5 Å². The van der Waals surface area contributed by atoms with Gasteiger partial charge in [0.25, 0.3) is 7.82 Å². The number of rotatable bonds is 37. The van der Waals surface area contributed by atoms with E-state index in [9.17, 15) is 19.0 Å². The van der Waals surface area contributed by atoms with Gasteiger partial charge in [-0.25, -0.2) is 0 Å². The quantitative estimate of drug-likeness (QED) is 0.0203. The van der Waals surface area contributed by atoms with Gasteiger partial charge in [-0.05, 0) is 44.9 Å². The Labute approximate surface area is 313 Å². The number of unbranched alkanes of at least 4 members (excludes halogenated alkanes) is 19. The van der Waals surface area contributed by atoms with E-state index in [1.807, 2.05) is 21.1 Å². The number of allylic oxidation sites excluding steroid dienone is 4. The number of likely N-dealkylation sites (N-methyl/N-ethyl adjacent to an activating group) is 1. The molecule has 1 unspecified atom stereocenters. The Morgan fingerprint density at radius 1 is 0.608 bits per heavy atom. The molecule has 0 fully saturated rings. The van der Waals surface area contributed by atoms with Crippen molar-refractivity contribution in [3.63, 3.8) is 0 Å². The van der Waals surface area contributed by atoms with E-state index in [-0.39, 0.29) is 26.1 Å². The first-order valence-electron chi connectivity index (χ1n) is 20.5. The third kappa shape index (κ3) is 38.0. The number of phosphoric ester groups is 1. The Kier molecular flexibility index (Phi) is 33.3. The maximum Gasteiger partial charge on any atom is 0.306 e. The van der Waals surface area contributed by atoms with Gasteiger partial charge in [0.1, 0.15) is 19.8 Å². The molecule has 0 saturated carbocycles. The molecular formula is C41H78NO8P. The van der Waals surface area contributed by atoms with Crippen LogP contribution in [0, 0.1) is 0 Å². The number of nitrogens with zero attached hydrogens (tertiary/aromatic N) is 1. The van der Waals surface area contributed by atoms with Crippen LogP contribution in [0.2, 0.25) is 0 Å². The predicted molar refractivity (Wildman–Crippen MR) is 208 cm³/mol. The number of hydrogen-bond donors (Lipinski definition) is 0. The smallest absolute Gasteiger partial charge is 0.306 e. The van der Waals surface area contributed by atoms with Crippen LogP contribution in [0.1, 0.15) is 174 Å². The number of ether oxygens (including phenoxy) is 2. The lowest BCUT2D eigenvalue weighted by Crippen LogP contribution is -2.37. The van der Waals surface area contributed by atoms with Crippen molar-refractivity contribution in [3.8, 4) is 0 Å². The van der Waals surface area contributed by atoms with Crippen molar-refractivity contribution in [1.82, 2.24) is 0 Å². The van der Waals surface area contributed by atoms with Gasteiger partial charge in [0.05, 0.1) is 27.7 Å². The molecule has 2 atom stereocenters. The largest absolute Gasteiger partial charge is 0.756 e. The van der Waals surface area contributed by atoms with Gasteiger partial charge in [0.2, 0.25) is 0 Å². The Hall–Kier alpha value is -1.51. The lowest BCUT2D eigenvalue weighted by Gasteiger charge is -2.28. The number of carbonyl (C=O) groups excluding carboxylic acids is 2. The Morgan fingerprint density at radius 2 is 1.06 bits per heavy atom. The molecule has 300 valence electrons. The van der Waals surface area contributed by atoms with E-state index in [0.717, 1.165) is 44.9 Å². The van der Waals surface area contributed by atoms with Crippen LogP contribution < -0.4 is 4.89 Å². The minimum absolute atomic E-state index is 0.0339. The number of hydrogen-bond acceptors (Lipinski definition) is 8. The summed E-state index contributed by atoms with van der Waals surface area (Å²) in [5.41, 5.74) is 0. The maximum atomic E-state index is 12.6. The SMILES string of the molecule is CCCCCCCC/C=C/C/C=C/CCCCC(=O)OC[C@H](COP(=O)([O-])OCC[N+](C)(C)C)OC(=O)CCCCCCCCCCCCCC. The van der Waals surface area contributed by atoms with E-state index in [2.05, 4.69) is 38.2 Å². The molecule has 0 amide bonds. The van der Waals surface area contributed by atoms with Gasteiger partial charge in [0.15, 0.2) is 6.10 Å². The normalized spacial score (nSPS) is 13.9. The first kappa shape index (κ1) is 49.5. The second-order valence-corrected chi connectivity index (χ2v) is 16.4. The van der Waals surface area contributed by atoms with Crippen LogP contribution in [0.5, 0.6) is 0 Å². The topological polar surface area (TPSA) is 111 Å². The summed E-state index contributed by atoms with van der Waals surface area (Å²) >= 11 is 0.